The molecule has 3 nitrogen and oxygen atoms in total. The molecule has 0 saturated heterocycles. The van der Waals surface area contributed by atoms with Crippen LogP contribution in [0.2, 0.25) is 5.02 Å². The Hall–Kier alpha value is -1.87. The van der Waals surface area contributed by atoms with E-state index < -0.39 is 0 Å². The molecule has 0 radical (unpaired) electrons. The maximum absolute atomic E-state index is 6.00. The van der Waals surface area contributed by atoms with Crippen molar-refractivity contribution >= 4 is 17.3 Å². The van der Waals surface area contributed by atoms with Crippen molar-refractivity contribution in [3.8, 4) is 11.5 Å². The van der Waals surface area contributed by atoms with E-state index in [1.54, 1.807) is 7.11 Å². The Bertz CT molecular complexity index is 555. The highest BCUT2D eigenvalue weighted by Crippen LogP contribution is 2.28. The normalized spacial score (nSPS) is 10.2. The van der Waals surface area contributed by atoms with Crippen molar-refractivity contribution in [1.29, 1.82) is 0 Å². The van der Waals surface area contributed by atoms with Crippen molar-refractivity contribution in [1.82, 2.24) is 0 Å². The van der Waals surface area contributed by atoms with E-state index in [1.165, 1.54) is 0 Å². The zero-order chi connectivity index (χ0) is 14.4. The topological polar surface area (TPSA) is 30.5 Å². The molecule has 0 aliphatic rings. The average Bonchev–Trinajstić information content (AvgIpc) is 2.47. The van der Waals surface area contributed by atoms with Gasteiger partial charge in [-0.1, -0.05) is 23.7 Å². The van der Waals surface area contributed by atoms with Crippen molar-refractivity contribution in [3.05, 3.63) is 53.1 Å². The average molecular weight is 292 g/mol. The number of benzene rings is 2. The van der Waals surface area contributed by atoms with Crippen LogP contribution in [0.1, 0.15) is 12.5 Å². The van der Waals surface area contributed by atoms with E-state index in [-0.39, 0.29) is 0 Å². The summed E-state index contributed by atoms with van der Waals surface area (Å²) in [7, 11) is 1.64. The summed E-state index contributed by atoms with van der Waals surface area (Å²) in [5, 5.41) is 4.00. The lowest BCUT2D eigenvalue weighted by molar-refractivity contribution is 0.340. The number of anilines is 1. The first-order chi connectivity index (χ1) is 9.72. The molecule has 0 unspecified atom stereocenters. The molecule has 0 bridgehead atoms. The minimum atomic E-state index is 0.678. The maximum atomic E-state index is 6.00. The highest BCUT2D eigenvalue weighted by molar-refractivity contribution is 6.30. The molecule has 0 fully saturated rings. The zero-order valence-electron chi connectivity index (χ0n) is 11.7. The second-order valence-corrected chi connectivity index (χ2v) is 4.71. The summed E-state index contributed by atoms with van der Waals surface area (Å²) in [5.41, 5.74) is 2.05. The minimum absolute atomic E-state index is 0.678. The van der Waals surface area contributed by atoms with Gasteiger partial charge < -0.3 is 14.8 Å². The van der Waals surface area contributed by atoms with E-state index in [1.807, 2.05) is 49.4 Å². The molecule has 2 rings (SSSR count). The molecule has 0 heterocycles. The van der Waals surface area contributed by atoms with E-state index in [0.717, 1.165) is 22.7 Å². The fourth-order valence-electron chi connectivity index (χ4n) is 1.89. The predicted octanol–water partition coefficient (Wildman–Crippen LogP) is 4.36. The van der Waals surface area contributed by atoms with Crippen molar-refractivity contribution in [3.63, 3.8) is 0 Å². The number of rotatable bonds is 6. The van der Waals surface area contributed by atoms with Crippen LogP contribution in [-0.2, 0) is 6.54 Å². The van der Waals surface area contributed by atoms with Gasteiger partial charge in [-0.3, -0.25) is 0 Å². The monoisotopic (exact) mass is 291 g/mol. The van der Waals surface area contributed by atoms with E-state index >= 15 is 0 Å². The molecule has 2 aromatic rings. The van der Waals surface area contributed by atoms with Crippen LogP contribution in [0.25, 0.3) is 0 Å². The quantitative estimate of drug-likeness (QED) is 0.858. The molecule has 1 N–H and O–H groups in total. The molecule has 0 atom stereocenters. The van der Waals surface area contributed by atoms with Crippen LogP contribution in [-0.4, -0.2) is 13.7 Å². The van der Waals surface area contributed by atoms with Gasteiger partial charge in [0.05, 0.1) is 19.4 Å². The number of halogens is 1. The molecule has 0 aromatic heterocycles. The van der Waals surface area contributed by atoms with Gasteiger partial charge in [0.1, 0.15) is 11.5 Å². The van der Waals surface area contributed by atoms with Gasteiger partial charge in [-0.2, -0.15) is 0 Å². The first-order valence-electron chi connectivity index (χ1n) is 6.52. The van der Waals surface area contributed by atoms with Gasteiger partial charge in [0, 0.05) is 11.6 Å². The van der Waals surface area contributed by atoms with Gasteiger partial charge in [0.15, 0.2) is 0 Å². The van der Waals surface area contributed by atoms with Crippen LogP contribution in [0, 0.1) is 0 Å². The number of nitrogens with one attached hydrogen (secondary N) is 1. The summed E-state index contributed by atoms with van der Waals surface area (Å²) < 4.78 is 10.7. The second-order valence-electron chi connectivity index (χ2n) is 4.28. The molecule has 0 amide bonds. The Morgan fingerprint density at radius 2 is 1.85 bits per heavy atom. The summed E-state index contributed by atoms with van der Waals surface area (Å²) in [6, 6.07) is 13.5. The fourth-order valence-corrected chi connectivity index (χ4v) is 2.06. The van der Waals surface area contributed by atoms with Crippen molar-refractivity contribution in [2.45, 2.75) is 13.5 Å². The lowest BCUT2D eigenvalue weighted by atomic mass is 10.2. The zero-order valence-corrected chi connectivity index (χ0v) is 12.4. The van der Waals surface area contributed by atoms with Gasteiger partial charge in [0.25, 0.3) is 0 Å². The molecule has 106 valence electrons. The fraction of sp³-hybridized carbons (Fsp3) is 0.250. The number of hydrogen-bond donors (Lipinski definition) is 1. The first kappa shape index (κ1) is 14.5. The standard InChI is InChI=1S/C16H18ClNO2/c1-3-20-14-7-4-12(5-8-14)11-18-15-10-13(17)6-9-16(15)19-2/h4-10,18H,3,11H2,1-2H3. The van der Waals surface area contributed by atoms with Crippen molar-refractivity contribution in [2.24, 2.45) is 0 Å². The van der Waals surface area contributed by atoms with Crippen LogP contribution in [0.4, 0.5) is 5.69 Å². The van der Waals surface area contributed by atoms with Gasteiger partial charge in [-0.05, 0) is 42.8 Å². The molecule has 0 aliphatic heterocycles. The van der Waals surface area contributed by atoms with E-state index in [0.29, 0.717) is 18.2 Å². The van der Waals surface area contributed by atoms with Crippen molar-refractivity contribution in [2.75, 3.05) is 19.0 Å². The van der Waals surface area contributed by atoms with Gasteiger partial charge in [-0.15, -0.1) is 0 Å². The van der Waals surface area contributed by atoms with Crippen LogP contribution in [0.15, 0.2) is 42.5 Å². The Kier molecular flexibility index (Phi) is 5.13. The smallest absolute Gasteiger partial charge is 0.142 e. The Balaban J connectivity index is 2.02. The molecule has 0 saturated carbocycles. The molecule has 20 heavy (non-hydrogen) atoms. The molecular formula is C16H18ClNO2. The Morgan fingerprint density at radius 3 is 2.50 bits per heavy atom. The van der Waals surface area contributed by atoms with E-state index in [2.05, 4.69) is 5.32 Å². The maximum Gasteiger partial charge on any atom is 0.142 e. The summed E-state index contributed by atoms with van der Waals surface area (Å²) in [6.45, 7) is 3.35. The predicted molar refractivity (Wildman–Crippen MR) is 82.9 cm³/mol. The van der Waals surface area contributed by atoms with Gasteiger partial charge >= 0.3 is 0 Å². The number of methoxy groups -OCH3 is 1. The van der Waals surface area contributed by atoms with Crippen LogP contribution in [0.3, 0.4) is 0 Å². The Morgan fingerprint density at radius 1 is 1.10 bits per heavy atom. The van der Waals surface area contributed by atoms with Gasteiger partial charge in [0.2, 0.25) is 0 Å². The molecule has 0 aliphatic carbocycles. The Labute approximate surface area is 124 Å². The third-order valence-corrected chi connectivity index (χ3v) is 3.11. The highest BCUT2D eigenvalue weighted by Gasteiger charge is 2.03. The lowest BCUT2D eigenvalue weighted by Crippen LogP contribution is -2.01. The van der Waals surface area contributed by atoms with Crippen LogP contribution in [0.5, 0.6) is 11.5 Å². The summed E-state index contributed by atoms with van der Waals surface area (Å²) in [5.74, 6) is 1.66. The summed E-state index contributed by atoms with van der Waals surface area (Å²) in [4.78, 5) is 0. The number of ether oxygens (including phenoxy) is 2. The number of hydrogen-bond acceptors (Lipinski definition) is 3. The highest BCUT2D eigenvalue weighted by atomic mass is 35.5. The third-order valence-electron chi connectivity index (χ3n) is 2.88. The lowest BCUT2D eigenvalue weighted by Gasteiger charge is -2.12. The van der Waals surface area contributed by atoms with Crippen molar-refractivity contribution < 1.29 is 9.47 Å². The van der Waals surface area contributed by atoms with Crippen LogP contribution < -0.4 is 14.8 Å². The minimum Gasteiger partial charge on any atom is -0.495 e. The van der Waals surface area contributed by atoms with Crippen LogP contribution >= 0.6 is 11.6 Å². The first-order valence-corrected chi connectivity index (χ1v) is 6.90. The van der Waals surface area contributed by atoms with Gasteiger partial charge in [-0.25, -0.2) is 0 Å². The molecule has 0 spiro atoms. The second kappa shape index (κ2) is 7.06. The molecule has 2 aromatic carbocycles. The summed E-state index contributed by atoms with van der Waals surface area (Å²) >= 11 is 6.00. The van der Waals surface area contributed by atoms with E-state index in [9.17, 15) is 0 Å². The summed E-state index contributed by atoms with van der Waals surface area (Å²) in [6.07, 6.45) is 0. The third kappa shape index (κ3) is 3.81. The molecule has 4 heteroatoms. The van der Waals surface area contributed by atoms with E-state index in [4.69, 9.17) is 21.1 Å². The molecular weight excluding hydrogens is 274 g/mol. The largest absolute Gasteiger partial charge is 0.495 e. The SMILES string of the molecule is CCOc1ccc(CNc2cc(Cl)ccc2OC)cc1.